The number of ether oxygens (including phenoxy) is 1. The van der Waals surface area contributed by atoms with Crippen LogP contribution < -0.4 is 5.32 Å². The number of carbonyl (C=O) groups excluding carboxylic acids is 1. The maximum Gasteiger partial charge on any atom is 0.233 e. The average molecular weight is 418 g/mol. The first kappa shape index (κ1) is 19.3. The molecule has 0 bridgehead atoms. The van der Waals surface area contributed by atoms with Crippen LogP contribution in [0.1, 0.15) is 19.8 Å². The van der Waals surface area contributed by atoms with Gasteiger partial charge in [-0.2, -0.15) is 0 Å². The van der Waals surface area contributed by atoms with E-state index in [4.69, 9.17) is 4.74 Å². The Balaban J connectivity index is 1.48. The minimum Gasteiger partial charge on any atom is -0.376 e. The van der Waals surface area contributed by atoms with Crippen molar-refractivity contribution in [3.05, 3.63) is 42.5 Å². The number of amides is 1. The van der Waals surface area contributed by atoms with Crippen LogP contribution in [0.3, 0.4) is 0 Å². The van der Waals surface area contributed by atoms with Gasteiger partial charge in [0, 0.05) is 18.0 Å². The van der Waals surface area contributed by atoms with E-state index in [1.54, 1.807) is 23.5 Å². The molecule has 1 aromatic carbocycles. The second-order valence-electron chi connectivity index (χ2n) is 6.65. The Morgan fingerprint density at radius 3 is 2.96 bits per heavy atom. The summed E-state index contributed by atoms with van der Waals surface area (Å²) in [5.74, 6) is -0.286. The molecule has 146 valence electrons. The summed E-state index contributed by atoms with van der Waals surface area (Å²) in [4.78, 5) is 22.2. The highest BCUT2D eigenvalue weighted by Gasteiger charge is 2.21. The number of halogens is 1. The van der Waals surface area contributed by atoms with Crippen LogP contribution in [0.5, 0.6) is 0 Å². The van der Waals surface area contributed by atoms with Crippen molar-refractivity contribution in [3.63, 3.8) is 0 Å². The van der Waals surface area contributed by atoms with Crippen LogP contribution in [0.25, 0.3) is 20.7 Å². The van der Waals surface area contributed by atoms with E-state index >= 15 is 0 Å². The van der Waals surface area contributed by atoms with Crippen LogP contribution >= 0.6 is 23.1 Å². The second-order valence-corrected chi connectivity index (χ2v) is 9.03. The van der Waals surface area contributed by atoms with Crippen molar-refractivity contribution in [2.75, 3.05) is 13.2 Å². The highest BCUT2D eigenvalue weighted by molar-refractivity contribution is 8.00. The van der Waals surface area contributed by atoms with Gasteiger partial charge >= 0.3 is 0 Å². The molecule has 2 aromatic heterocycles. The van der Waals surface area contributed by atoms with E-state index < -0.39 is 0 Å². The van der Waals surface area contributed by atoms with Gasteiger partial charge in [0.25, 0.3) is 0 Å². The number of fused-ring (bicyclic) bond motifs is 1. The third-order valence-electron chi connectivity index (χ3n) is 4.59. The molecule has 3 aromatic rings. The zero-order valence-corrected chi connectivity index (χ0v) is 17.0. The van der Waals surface area contributed by atoms with Gasteiger partial charge in [-0.25, -0.2) is 14.4 Å². The van der Waals surface area contributed by atoms with Crippen molar-refractivity contribution in [1.82, 2.24) is 15.3 Å². The van der Waals surface area contributed by atoms with Crippen LogP contribution in [0, 0.1) is 5.82 Å². The largest absolute Gasteiger partial charge is 0.376 e. The number of benzene rings is 1. The summed E-state index contributed by atoms with van der Waals surface area (Å²) in [6.45, 7) is 3.20. The van der Waals surface area contributed by atoms with Crippen molar-refractivity contribution in [2.24, 2.45) is 0 Å². The van der Waals surface area contributed by atoms with Crippen LogP contribution in [0.15, 0.2) is 41.7 Å². The Morgan fingerprint density at radius 2 is 2.21 bits per heavy atom. The minimum absolute atomic E-state index is 0.0254. The Morgan fingerprint density at radius 1 is 1.39 bits per heavy atom. The van der Waals surface area contributed by atoms with Gasteiger partial charge in [0.1, 0.15) is 17.2 Å². The lowest BCUT2D eigenvalue weighted by Gasteiger charge is -2.14. The van der Waals surface area contributed by atoms with Crippen LogP contribution in [-0.2, 0) is 9.53 Å². The summed E-state index contributed by atoms with van der Waals surface area (Å²) in [5.41, 5.74) is 1.76. The molecule has 0 radical (unpaired) electrons. The van der Waals surface area contributed by atoms with Crippen molar-refractivity contribution in [2.45, 2.75) is 36.1 Å². The number of rotatable bonds is 6. The van der Waals surface area contributed by atoms with E-state index in [9.17, 15) is 9.18 Å². The topological polar surface area (TPSA) is 64.1 Å². The zero-order valence-electron chi connectivity index (χ0n) is 15.4. The lowest BCUT2D eigenvalue weighted by atomic mass is 10.2. The molecule has 3 heterocycles. The van der Waals surface area contributed by atoms with Crippen molar-refractivity contribution in [3.8, 4) is 10.4 Å². The molecular weight excluding hydrogens is 397 g/mol. The molecule has 0 spiro atoms. The fourth-order valence-corrected chi connectivity index (χ4v) is 5.17. The number of nitrogens with zero attached hydrogens (tertiary/aromatic N) is 2. The summed E-state index contributed by atoms with van der Waals surface area (Å²) < 4.78 is 19.7. The lowest BCUT2D eigenvalue weighted by molar-refractivity contribution is -0.120. The maximum absolute atomic E-state index is 13.2. The van der Waals surface area contributed by atoms with Crippen molar-refractivity contribution in [1.29, 1.82) is 0 Å². The fourth-order valence-electron chi connectivity index (χ4n) is 3.06. The molecule has 5 nitrogen and oxygen atoms in total. The summed E-state index contributed by atoms with van der Waals surface area (Å²) in [6, 6.07) is 8.37. The van der Waals surface area contributed by atoms with Crippen molar-refractivity contribution >= 4 is 39.2 Å². The van der Waals surface area contributed by atoms with Gasteiger partial charge in [-0.05, 0) is 43.5 Å². The number of nitrogens with one attached hydrogen (secondary N) is 1. The molecule has 0 saturated carbocycles. The smallest absolute Gasteiger partial charge is 0.233 e. The number of thioether (sulfide) groups is 1. The number of thiophene rings is 1. The molecule has 1 aliphatic rings. The third-order valence-corrected chi connectivity index (χ3v) is 7.00. The number of hydrogen-bond acceptors (Lipinski definition) is 6. The Labute approximate surface area is 170 Å². The quantitative estimate of drug-likeness (QED) is 0.479. The van der Waals surface area contributed by atoms with Crippen LogP contribution in [0.2, 0.25) is 0 Å². The zero-order chi connectivity index (χ0) is 19.5. The first-order valence-corrected chi connectivity index (χ1v) is 10.9. The van der Waals surface area contributed by atoms with E-state index in [1.807, 2.05) is 13.0 Å². The van der Waals surface area contributed by atoms with E-state index in [-0.39, 0.29) is 23.1 Å². The predicted molar refractivity (Wildman–Crippen MR) is 110 cm³/mol. The SMILES string of the molecule is C[C@H](Sc1ncnc2cc(-c3ccc(F)cc3)sc12)C(=O)NC[C@@H]1CCCO1. The first-order valence-electron chi connectivity index (χ1n) is 9.16. The molecule has 8 heteroatoms. The molecule has 28 heavy (non-hydrogen) atoms. The first-order chi connectivity index (χ1) is 13.6. The Kier molecular flexibility index (Phi) is 5.89. The van der Waals surface area contributed by atoms with Gasteiger partial charge < -0.3 is 10.1 Å². The van der Waals surface area contributed by atoms with E-state index in [0.29, 0.717) is 6.54 Å². The lowest BCUT2D eigenvalue weighted by Crippen LogP contribution is -2.36. The van der Waals surface area contributed by atoms with Gasteiger partial charge in [-0.1, -0.05) is 23.9 Å². The third kappa shape index (κ3) is 4.34. The molecular formula is C20H20FN3O2S2. The fraction of sp³-hybridized carbons (Fsp3) is 0.350. The molecule has 0 aliphatic carbocycles. The molecule has 1 aliphatic heterocycles. The average Bonchev–Trinajstić information content (AvgIpc) is 3.36. The molecule has 1 amide bonds. The Bertz CT molecular complexity index is 971. The summed E-state index contributed by atoms with van der Waals surface area (Å²) in [5, 5.41) is 3.47. The van der Waals surface area contributed by atoms with Gasteiger partial charge in [0.2, 0.25) is 5.91 Å². The van der Waals surface area contributed by atoms with E-state index in [2.05, 4.69) is 15.3 Å². The highest BCUT2D eigenvalue weighted by atomic mass is 32.2. The van der Waals surface area contributed by atoms with Crippen molar-refractivity contribution < 1.29 is 13.9 Å². The van der Waals surface area contributed by atoms with Crippen LogP contribution in [0.4, 0.5) is 4.39 Å². The van der Waals surface area contributed by atoms with Crippen LogP contribution in [-0.4, -0.2) is 40.4 Å². The second kappa shape index (κ2) is 8.55. The van der Waals surface area contributed by atoms with E-state index in [0.717, 1.165) is 45.1 Å². The normalized spacial score (nSPS) is 17.7. The summed E-state index contributed by atoms with van der Waals surface area (Å²) >= 11 is 2.97. The van der Waals surface area contributed by atoms with Gasteiger partial charge in [0.15, 0.2) is 0 Å². The molecule has 1 fully saturated rings. The van der Waals surface area contributed by atoms with E-state index in [1.165, 1.54) is 30.2 Å². The molecule has 1 N–H and O–H groups in total. The molecule has 0 unspecified atom stereocenters. The summed E-state index contributed by atoms with van der Waals surface area (Å²) in [7, 11) is 0. The Hall–Kier alpha value is -2.03. The number of carbonyl (C=O) groups is 1. The van der Waals surface area contributed by atoms with Gasteiger partial charge in [-0.15, -0.1) is 11.3 Å². The predicted octanol–water partition coefficient (Wildman–Crippen LogP) is 4.27. The number of hydrogen-bond donors (Lipinski definition) is 1. The maximum atomic E-state index is 13.2. The van der Waals surface area contributed by atoms with Gasteiger partial charge in [0.05, 0.1) is 21.6 Å². The highest BCUT2D eigenvalue weighted by Crippen LogP contribution is 2.38. The summed E-state index contributed by atoms with van der Waals surface area (Å²) in [6.07, 6.45) is 3.69. The molecule has 2 atom stereocenters. The van der Waals surface area contributed by atoms with Gasteiger partial charge in [-0.3, -0.25) is 4.79 Å². The number of aromatic nitrogens is 2. The monoisotopic (exact) mass is 417 g/mol. The minimum atomic E-state index is -0.282. The molecule has 4 rings (SSSR count). The molecule has 1 saturated heterocycles. The standard InChI is InChI=1S/C20H20FN3O2S2/c1-12(19(25)22-10-15-3-2-8-26-15)27-20-18-16(23-11-24-20)9-17(28-18)13-4-6-14(21)7-5-13/h4-7,9,11-12,15H,2-3,8,10H2,1H3,(H,22,25)/t12-,15-/m0/s1.